The lowest BCUT2D eigenvalue weighted by Crippen LogP contribution is -2.53. The molecule has 1 unspecified atom stereocenters. The van der Waals surface area contributed by atoms with Gasteiger partial charge in [-0.15, -0.1) is 0 Å². The van der Waals surface area contributed by atoms with E-state index in [1.54, 1.807) is 0 Å². The Morgan fingerprint density at radius 3 is 2.25 bits per heavy atom. The monoisotopic (exact) mass is 392 g/mol. The molecule has 0 radical (unpaired) electrons. The molecule has 1 aliphatic rings. The molecule has 0 aromatic heterocycles. The molecule has 0 aliphatic carbocycles. The van der Waals surface area contributed by atoms with Crippen molar-refractivity contribution in [1.82, 2.24) is 9.80 Å². The molecule has 0 bridgehead atoms. The van der Waals surface area contributed by atoms with E-state index in [0.29, 0.717) is 18.1 Å². The van der Waals surface area contributed by atoms with Gasteiger partial charge in [0.25, 0.3) is 0 Å². The highest BCUT2D eigenvalue weighted by atomic mass is 32.1. The molecule has 0 saturated carbocycles. The number of amides is 2. The van der Waals surface area contributed by atoms with Crippen LogP contribution in [0.3, 0.4) is 0 Å². The summed E-state index contributed by atoms with van der Waals surface area (Å²) in [6.45, 7) is 10.2. The van der Waals surface area contributed by atoms with Crippen LogP contribution in [0.25, 0.3) is 0 Å². The van der Waals surface area contributed by atoms with Crippen LogP contribution in [0.2, 0.25) is 0 Å². The Balaban J connectivity index is 3.05. The predicted octanol–water partition coefficient (Wildman–Crippen LogP) is 2.79. The van der Waals surface area contributed by atoms with E-state index >= 15 is 0 Å². The minimum atomic E-state index is -0.741. The van der Waals surface area contributed by atoms with Crippen molar-refractivity contribution in [3.8, 4) is 0 Å². The molecule has 0 aromatic rings. The van der Waals surface area contributed by atoms with Crippen LogP contribution in [0.4, 0.5) is 0 Å². The van der Waals surface area contributed by atoms with Gasteiger partial charge in [-0.3, -0.25) is 9.59 Å². The molecule has 24 heavy (non-hydrogen) atoms. The number of thiol groups is 3. The Kier molecular flexibility index (Phi) is 8.34. The van der Waals surface area contributed by atoms with Gasteiger partial charge < -0.3 is 9.80 Å². The summed E-state index contributed by atoms with van der Waals surface area (Å²) in [7, 11) is 0. The van der Waals surface area contributed by atoms with Gasteiger partial charge in [-0.05, 0) is 33.6 Å². The summed E-state index contributed by atoms with van der Waals surface area (Å²) in [6, 6.07) is 0.203. The summed E-state index contributed by atoms with van der Waals surface area (Å²) >= 11 is 13.1. The van der Waals surface area contributed by atoms with Gasteiger partial charge in [0.15, 0.2) is 0 Å². The van der Waals surface area contributed by atoms with Crippen LogP contribution in [0.5, 0.6) is 0 Å². The molecule has 1 rings (SSSR count). The zero-order valence-electron chi connectivity index (χ0n) is 15.4. The summed E-state index contributed by atoms with van der Waals surface area (Å²) < 4.78 is -0.741. The number of hydrogen-bond acceptors (Lipinski definition) is 5. The van der Waals surface area contributed by atoms with Crippen LogP contribution in [0, 0.1) is 5.92 Å². The molecular weight excluding hydrogens is 360 g/mol. The molecule has 0 spiro atoms. The van der Waals surface area contributed by atoms with Crippen LogP contribution < -0.4 is 0 Å². The van der Waals surface area contributed by atoms with Crippen LogP contribution in [0.15, 0.2) is 0 Å². The minimum absolute atomic E-state index is 0.00350. The number of hydrogen-bond donors (Lipinski definition) is 3. The standard InChI is InChI=1S/C17H32N2O2S3/c1-6-13-7-14(8-18(13)15(20)11(2)9-22)19(12(3)10-23)16(21)17(4,5)24/h11-14,22-24H,6-10H2,1-5H3/t11-,12+,13-,14?/m1/s1. The van der Waals surface area contributed by atoms with Gasteiger partial charge in [-0.25, -0.2) is 0 Å². The molecule has 0 N–H and O–H groups in total. The van der Waals surface area contributed by atoms with E-state index in [1.807, 2.05) is 37.5 Å². The predicted molar refractivity (Wildman–Crippen MR) is 110 cm³/mol. The number of carbonyl (C=O) groups excluding carboxylic acids is 2. The summed E-state index contributed by atoms with van der Waals surface area (Å²) in [5.41, 5.74) is 0. The van der Waals surface area contributed by atoms with Gasteiger partial charge >= 0.3 is 0 Å². The Bertz CT molecular complexity index is 454. The Morgan fingerprint density at radius 2 is 1.83 bits per heavy atom. The van der Waals surface area contributed by atoms with Crippen molar-refractivity contribution in [2.24, 2.45) is 5.92 Å². The van der Waals surface area contributed by atoms with E-state index < -0.39 is 4.75 Å². The molecule has 2 amide bonds. The van der Waals surface area contributed by atoms with Gasteiger partial charge in [0.05, 0.1) is 10.8 Å². The molecule has 7 heteroatoms. The van der Waals surface area contributed by atoms with E-state index in [9.17, 15) is 9.59 Å². The van der Waals surface area contributed by atoms with E-state index in [-0.39, 0.29) is 35.9 Å². The molecule has 140 valence electrons. The molecule has 0 aromatic carbocycles. The van der Waals surface area contributed by atoms with Crippen LogP contribution in [-0.2, 0) is 9.59 Å². The third-order valence-corrected chi connectivity index (χ3v) is 6.00. The van der Waals surface area contributed by atoms with E-state index in [2.05, 4.69) is 44.8 Å². The lowest BCUT2D eigenvalue weighted by Gasteiger charge is -2.38. The van der Waals surface area contributed by atoms with E-state index in [1.165, 1.54) is 0 Å². The second kappa shape index (κ2) is 9.08. The first-order valence-corrected chi connectivity index (χ1v) is 10.4. The molecule has 1 aliphatic heterocycles. The topological polar surface area (TPSA) is 40.6 Å². The van der Waals surface area contributed by atoms with Crippen molar-refractivity contribution >= 4 is 49.7 Å². The second-order valence-corrected chi connectivity index (χ2v) is 9.18. The summed E-state index contributed by atoms with van der Waals surface area (Å²) in [5, 5.41) is 0. The zero-order chi connectivity index (χ0) is 18.7. The average molecular weight is 393 g/mol. The van der Waals surface area contributed by atoms with Crippen molar-refractivity contribution in [2.45, 2.75) is 70.3 Å². The fourth-order valence-corrected chi connectivity index (χ4v) is 3.69. The molecule has 1 heterocycles. The van der Waals surface area contributed by atoms with Crippen molar-refractivity contribution < 1.29 is 9.59 Å². The first-order chi connectivity index (χ1) is 11.1. The molecule has 1 saturated heterocycles. The summed E-state index contributed by atoms with van der Waals surface area (Å²) in [4.78, 5) is 29.4. The van der Waals surface area contributed by atoms with Crippen LogP contribution in [0.1, 0.15) is 47.5 Å². The fourth-order valence-electron chi connectivity index (χ4n) is 3.24. The SMILES string of the molecule is CC[C@@H]1CC(N(C(=O)C(C)(C)S)[C@@H](C)CS)CN1C(=O)[C@H](C)CS. The van der Waals surface area contributed by atoms with Gasteiger partial charge in [0.1, 0.15) is 0 Å². The third kappa shape index (κ3) is 5.01. The maximum atomic E-state index is 12.9. The normalized spacial score (nSPS) is 23.9. The molecule has 4 atom stereocenters. The van der Waals surface area contributed by atoms with Gasteiger partial charge in [0, 0.05) is 36.1 Å². The molecule has 4 nitrogen and oxygen atoms in total. The number of carbonyl (C=O) groups is 2. The lowest BCUT2D eigenvalue weighted by molar-refractivity contribution is -0.139. The Hall–Kier alpha value is -0.0100. The molecular formula is C17H32N2O2S3. The van der Waals surface area contributed by atoms with Crippen molar-refractivity contribution in [3.05, 3.63) is 0 Å². The Morgan fingerprint density at radius 1 is 1.25 bits per heavy atom. The van der Waals surface area contributed by atoms with Gasteiger partial charge in [0.2, 0.25) is 11.8 Å². The first kappa shape index (κ1) is 22.0. The van der Waals surface area contributed by atoms with Crippen molar-refractivity contribution in [3.63, 3.8) is 0 Å². The third-order valence-electron chi connectivity index (χ3n) is 4.73. The average Bonchev–Trinajstić information content (AvgIpc) is 2.96. The number of likely N-dealkylation sites (tertiary alicyclic amines) is 1. The maximum absolute atomic E-state index is 12.9. The second-order valence-electron chi connectivity index (χ2n) is 7.33. The number of nitrogens with zero attached hydrogens (tertiary/aromatic N) is 2. The quantitative estimate of drug-likeness (QED) is 0.583. The van der Waals surface area contributed by atoms with Crippen molar-refractivity contribution in [2.75, 3.05) is 18.1 Å². The maximum Gasteiger partial charge on any atom is 0.238 e. The lowest BCUT2D eigenvalue weighted by atomic mass is 10.0. The van der Waals surface area contributed by atoms with Crippen molar-refractivity contribution in [1.29, 1.82) is 0 Å². The highest BCUT2D eigenvalue weighted by molar-refractivity contribution is 7.82. The van der Waals surface area contributed by atoms with Crippen LogP contribution in [-0.4, -0.2) is 62.5 Å². The zero-order valence-corrected chi connectivity index (χ0v) is 18.1. The molecule has 1 fully saturated rings. The smallest absolute Gasteiger partial charge is 0.238 e. The largest absolute Gasteiger partial charge is 0.337 e. The highest BCUT2D eigenvalue weighted by Crippen LogP contribution is 2.30. The highest BCUT2D eigenvalue weighted by Gasteiger charge is 2.43. The summed E-state index contributed by atoms with van der Waals surface area (Å²) in [6.07, 6.45) is 1.71. The van der Waals surface area contributed by atoms with E-state index in [4.69, 9.17) is 0 Å². The van der Waals surface area contributed by atoms with Gasteiger partial charge in [-0.2, -0.15) is 37.9 Å². The fraction of sp³-hybridized carbons (Fsp3) is 0.882. The first-order valence-electron chi connectivity index (χ1n) is 8.65. The number of rotatable bonds is 7. The van der Waals surface area contributed by atoms with Gasteiger partial charge in [-0.1, -0.05) is 13.8 Å². The minimum Gasteiger partial charge on any atom is -0.337 e. The van der Waals surface area contributed by atoms with E-state index in [0.717, 1.165) is 12.8 Å². The Labute approximate surface area is 163 Å². The summed E-state index contributed by atoms with van der Waals surface area (Å²) in [5.74, 6) is 1.16. The van der Waals surface area contributed by atoms with Crippen LogP contribution >= 0.6 is 37.9 Å².